The Hall–Kier alpha value is -3.06. The lowest BCUT2D eigenvalue weighted by atomic mass is 10.1. The predicted octanol–water partition coefficient (Wildman–Crippen LogP) is 1.91. The molecule has 3 aromatic rings. The SMILES string of the molecule is O=C(c1cnc2ccccn2c1=O)N1CCC[C@@H](OCc2ccccn2)C1. The molecular formula is C20H20N4O3. The van der Waals surface area contributed by atoms with E-state index in [2.05, 4.69) is 9.97 Å². The summed E-state index contributed by atoms with van der Waals surface area (Å²) in [7, 11) is 0. The second-order valence-electron chi connectivity index (χ2n) is 6.55. The minimum atomic E-state index is -0.345. The quantitative estimate of drug-likeness (QED) is 0.707. The second kappa shape index (κ2) is 7.67. The zero-order valence-electron chi connectivity index (χ0n) is 14.8. The highest BCUT2D eigenvalue weighted by molar-refractivity contribution is 5.93. The minimum Gasteiger partial charge on any atom is -0.370 e. The summed E-state index contributed by atoms with van der Waals surface area (Å²) in [6, 6.07) is 11.0. The fraction of sp³-hybridized carbons (Fsp3) is 0.300. The number of piperidine rings is 1. The molecule has 138 valence electrons. The van der Waals surface area contributed by atoms with Gasteiger partial charge in [0.1, 0.15) is 11.2 Å². The van der Waals surface area contributed by atoms with Crippen LogP contribution in [0.15, 0.2) is 59.8 Å². The number of carbonyl (C=O) groups is 1. The number of pyridine rings is 2. The van der Waals surface area contributed by atoms with Gasteiger partial charge in [-0.1, -0.05) is 12.1 Å². The Bertz CT molecular complexity index is 1000. The smallest absolute Gasteiger partial charge is 0.270 e. The number of amides is 1. The van der Waals surface area contributed by atoms with Gasteiger partial charge in [0.2, 0.25) is 0 Å². The molecule has 0 bridgehead atoms. The number of carbonyl (C=O) groups excluding carboxylic acids is 1. The van der Waals surface area contributed by atoms with Crippen LogP contribution in [0, 0.1) is 0 Å². The molecule has 0 radical (unpaired) electrons. The first-order valence-electron chi connectivity index (χ1n) is 8.99. The molecule has 1 atom stereocenters. The molecule has 1 aliphatic heterocycles. The van der Waals surface area contributed by atoms with Crippen molar-refractivity contribution in [2.45, 2.75) is 25.6 Å². The standard InChI is InChI=1S/C20H20N4O3/c25-19(17-12-22-18-8-2-4-11-24(18)20(17)26)23-10-5-7-16(13-23)27-14-15-6-1-3-9-21-15/h1-4,6,8-9,11-12,16H,5,7,10,13-14H2/t16-/m1/s1. The fourth-order valence-corrected chi connectivity index (χ4v) is 3.29. The third kappa shape index (κ3) is 3.73. The maximum Gasteiger partial charge on any atom is 0.270 e. The Morgan fingerprint density at radius 1 is 1.19 bits per heavy atom. The Balaban J connectivity index is 1.47. The molecule has 0 saturated carbocycles. The summed E-state index contributed by atoms with van der Waals surface area (Å²) in [5, 5.41) is 0. The first-order valence-corrected chi connectivity index (χ1v) is 8.99. The van der Waals surface area contributed by atoms with E-state index in [4.69, 9.17) is 4.74 Å². The van der Waals surface area contributed by atoms with Gasteiger partial charge in [-0.2, -0.15) is 0 Å². The van der Waals surface area contributed by atoms with Crippen molar-refractivity contribution in [3.05, 3.63) is 76.6 Å². The Kier molecular flexibility index (Phi) is 4.93. The van der Waals surface area contributed by atoms with Crippen molar-refractivity contribution in [1.29, 1.82) is 0 Å². The monoisotopic (exact) mass is 364 g/mol. The molecule has 7 heteroatoms. The lowest BCUT2D eigenvalue weighted by Gasteiger charge is -2.32. The molecule has 0 unspecified atom stereocenters. The summed E-state index contributed by atoms with van der Waals surface area (Å²) in [5.74, 6) is -0.295. The molecule has 0 aromatic carbocycles. The average Bonchev–Trinajstić information content (AvgIpc) is 2.73. The van der Waals surface area contributed by atoms with Crippen LogP contribution < -0.4 is 5.56 Å². The summed E-state index contributed by atoms with van der Waals surface area (Å²) < 4.78 is 7.33. The highest BCUT2D eigenvalue weighted by atomic mass is 16.5. The van der Waals surface area contributed by atoms with Crippen LogP contribution in [0.4, 0.5) is 0 Å². The molecule has 1 saturated heterocycles. The molecule has 1 aliphatic rings. The number of ether oxygens (including phenoxy) is 1. The minimum absolute atomic E-state index is 0.0686. The lowest BCUT2D eigenvalue weighted by molar-refractivity contribution is -0.00791. The van der Waals surface area contributed by atoms with E-state index in [1.165, 1.54) is 10.6 Å². The van der Waals surface area contributed by atoms with Crippen LogP contribution in [0.5, 0.6) is 0 Å². The van der Waals surface area contributed by atoms with E-state index in [1.54, 1.807) is 35.5 Å². The molecule has 1 fully saturated rings. The third-order valence-corrected chi connectivity index (χ3v) is 4.70. The van der Waals surface area contributed by atoms with Crippen LogP contribution in [-0.2, 0) is 11.3 Å². The molecule has 27 heavy (non-hydrogen) atoms. The van der Waals surface area contributed by atoms with E-state index in [-0.39, 0.29) is 23.1 Å². The van der Waals surface area contributed by atoms with Gasteiger partial charge in [0.15, 0.2) is 0 Å². The van der Waals surface area contributed by atoms with Crippen molar-refractivity contribution in [3.63, 3.8) is 0 Å². The second-order valence-corrected chi connectivity index (χ2v) is 6.55. The molecule has 0 aliphatic carbocycles. The first kappa shape index (κ1) is 17.4. The van der Waals surface area contributed by atoms with Crippen LogP contribution in [-0.4, -0.2) is 44.4 Å². The van der Waals surface area contributed by atoms with Crippen molar-refractivity contribution < 1.29 is 9.53 Å². The Morgan fingerprint density at radius 3 is 2.93 bits per heavy atom. The maximum atomic E-state index is 12.9. The number of nitrogens with zero attached hydrogens (tertiary/aromatic N) is 4. The lowest BCUT2D eigenvalue weighted by Crippen LogP contribution is -2.45. The van der Waals surface area contributed by atoms with E-state index >= 15 is 0 Å². The van der Waals surface area contributed by atoms with Gasteiger partial charge in [0.25, 0.3) is 11.5 Å². The summed E-state index contributed by atoms with van der Waals surface area (Å²) in [6.07, 6.45) is 6.37. The number of likely N-dealkylation sites (tertiary alicyclic amines) is 1. The van der Waals surface area contributed by atoms with Crippen molar-refractivity contribution in [3.8, 4) is 0 Å². The number of hydrogen-bond donors (Lipinski definition) is 0. The normalized spacial score (nSPS) is 17.2. The van der Waals surface area contributed by atoms with Gasteiger partial charge in [-0.3, -0.25) is 19.0 Å². The van der Waals surface area contributed by atoms with Crippen LogP contribution in [0.3, 0.4) is 0 Å². The number of rotatable bonds is 4. The van der Waals surface area contributed by atoms with E-state index in [0.29, 0.717) is 25.3 Å². The van der Waals surface area contributed by atoms with Gasteiger partial charge < -0.3 is 9.64 Å². The first-order chi connectivity index (χ1) is 13.2. The van der Waals surface area contributed by atoms with E-state index in [0.717, 1.165) is 18.5 Å². The van der Waals surface area contributed by atoms with Crippen LogP contribution in [0.2, 0.25) is 0 Å². The zero-order valence-corrected chi connectivity index (χ0v) is 14.8. The maximum absolute atomic E-state index is 12.9. The summed E-state index contributed by atoms with van der Waals surface area (Å²) >= 11 is 0. The highest BCUT2D eigenvalue weighted by Gasteiger charge is 2.27. The number of hydrogen-bond acceptors (Lipinski definition) is 5. The molecule has 0 N–H and O–H groups in total. The van der Waals surface area contributed by atoms with Gasteiger partial charge >= 0.3 is 0 Å². The molecule has 0 spiro atoms. The summed E-state index contributed by atoms with van der Waals surface area (Å²) in [6.45, 7) is 1.48. The Labute approximate surface area is 156 Å². The molecule has 1 amide bonds. The van der Waals surface area contributed by atoms with Crippen LogP contribution >= 0.6 is 0 Å². The molecule has 4 heterocycles. The van der Waals surface area contributed by atoms with Crippen molar-refractivity contribution in [1.82, 2.24) is 19.3 Å². The topological polar surface area (TPSA) is 76.8 Å². The Morgan fingerprint density at radius 2 is 2.07 bits per heavy atom. The van der Waals surface area contributed by atoms with Crippen molar-refractivity contribution >= 4 is 11.6 Å². The summed E-state index contributed by atoms with van der Waals surface area (Å²) in [5.41, 5.74) is 1.12. The predicted molar refractivity (Wildman–Crippen MR) is 99.4 cm³/mol. The van der Waals surface area contributed by atoms with E-state index in [1.807, 2.05) is 18.2 Å². The van der Waals surface area contributed by atoms with Gasteiger partial charge in [-0.15, -0.1) is 0 Å². The van der Waals surface area contributed by atoms with E-state index < -0.39 is 0 Å². The van der Waals surface area contributed by atoms with Crippen molar-refractivity contribution in [2.24, 2.45) is 0 Å². The van der Waals surface area contributed by atoms with Gasteiger partial charge in [-0.25, -0.2) is 4.98 Å². The highest BCUT2D eigenvalue weighted by Crippen LogP contribution is 2.16. The van der Waals surface area contributed by atoms with Crippen molar-refractivity contribution in [2.75, 3.05) is 13.1 Å². The fourth-order valence-electron chi connectivity index (χ4n) is 3.29. The zero-order chi connectivity index (χ0) is 18.6. The molecular weight excluding hydrogens is 344 g/mol. The third-order valence-electron chi connectivity index (χ3n) is 4.70. The van der Waals surface area contributed by atoms with E-state index in [9.17, 15) is 9.59 Å². The van der Waals surface area contributed by atoms with Gasteiger partial charge in [0, 0.05) is 31.7 Å². The molecule has 3 aromatic heterocycles. The summed E-state index contributed by atoms with van der Waals surface area (Å²) in [4.78, 5) is 35.7. The largest absolute Gasteiger partial charge is 0.370 e. The van der Waals surface area contributed by atoms with Gasteiger partial charge in [-0.05, 0) is 37.1 Å². The van der Waals surface area contributed by atoms with Crippen LogP contribution in [0.25, 0.3) is 5.65 Å². The number of fused-ring (bicyclic) bond motifs is 1. The average molecular weight is 364 g/mol. The molecule has 7 nitrogen and oxygen atoms in total. The molecule has 4 rings (SSSR count). The number of aromatic nitrogens is 3. The van der Waals surface area contributed by atoms with Gasteiger partial charge in [0.05, 0.1) is 18.4 Å². The van der Waals surface area contributed by atoms with Crippen LogP contribution in [0.1, 0.15) is 28.9 Å².